The van der Waals surface area contributed by atoms with E-state index < -0.39 is 11.6 Å². The molecule has 0 radical (unpaired) electrons. The summed E-state index contributed by atoms with van der Waals surface area (Å²) in [5.74, 6) is -0.148. The molecule has 0 aromatic carbocycles. The Balaban J connectivity index is 2.08. The Labute approximate surface area is 125 Å². The third-order valence-electron chi connectivity index (χ3n) is 3.18. The van der Waals surface area contributed by atoms with Crippen molar-refractivity contribution in [2.24, 2.45) is 0 Å². The third kappa shape index (κ3) is 3.80. The molecule has 2 aliphatic rings. The predicted octanol–water partition coefficient (Wildman–Crippen LogP) is 2.67. The van der Waals surface area contributed by atoms with Crippen molar-refractivity contribution in [2.45, 2.75) is 69.1 Å². The van der Waals surface area contributed by atoms with Crippen LogP contribution in [-0.4, -0.2) is 46.8 Å². The lowest BCUT2D eigenvalue weighted by Gasteiger charge is -2.26. The molecule has 2 aliphatic heterocycles. The highest BCUT2D eigenvalue weighted by Gasteiger charge is 2.51. The molecule has 4 atom stereocenters. The molecule has 2 heterocycles. The largest absolute Gasteiger partial charge is 0.348 e. The van der Waals surface area contributed by atoms with Gasteiger partial charge in [0.1, 0.15) is 18.3 Å². The van der Waals surface area contributed by atoms with Crippen molar-refractivity contribution in [3.63, 3.8) is 0 Å². The van der Waals surface area contributed by atoms with Gasteiger partial charge in [0, 0.05) is 0 Å². The van der Waals surface area contributed by atoms with Crippen molar-refractivity contribution in [1.82, 2.24) is 0 Å². The second kappa shape index (κ2) is 5.73. The first-order valence-corrected chi connectivity index (χ1v) is 8.28. The number of hydrogen-bond acceptors (Lipinski definition) is 6. The van der Waals surface area contributed by atoms with E-state index in [1.165, 1.54) is 0 Å². The van der Waals surface area contributed by atoms with E-state index >= 15 is 0 Å². The highest BCUT2D eigenvalue weighted by Crippen LogP contribution is 2.40. The third-order valence-corrected chi connectivity index (χ3v) is 4.86. The number of ether oxygens (including phenoxy) is 4. The van der Waals surface area contributed by atoms with Crippen LogP contribution in [0.4, 0.5) is 0 Å². The Bertz CT molecular complexity index is 322. The second-order valence-corrected chi connectivity index (χ2v) is 8.10. The Morgan fingerprint density at radius 3 is 2.37 bits per heavy atom. The van der Waals surface area contributed by atoms with Crippen molar-refractivity contribution in [3.05, 3.63) is 0 Å². The molecule has 6 heteroatoms. The molecule has 1 unspecified atom stereocenters. The van der Waals surface area contributed by atoms with Crippen LogP contribution in [0.15, 0.2) is 0 Å². The van der Waals surface area contributed by atoms with Gasteiger partial charge in [0.25, 0.3) is 0 Å². The SMILES string of the molecule is CCSC(S)[C@H]1OC(C)(C)O[C@@H]1[C@H]1COC(C)(C)O1. The Kier molecular flexibility index (Phi) is 4.80. The van der Waals surface area contributed by atoms with Gasteiger partial charge in [-0.3, -0.25) is 0 Å². The molecular weight excluding hydrogens is 284 g/mol. The summed E-state index contributed by atoms with van der Waals surface area (Å²) in [6.45, 7) is 10.3. The van der Waals surface area contributed by atoms with Gasteiger partial charge < -0.3 is 18.9 Å². The van der Waals surface area contributed by atoms with Gasteiger partial charge in [0.15, 0.2) is 11.6 Å². The summed E-state index contributed by atoms with van der Waals surface area (Å²) in [4.78, 5) is 0. The highest BCUT2D eigenvalue weighted by atomic mass is 32.2. The summed E-state index contributed by atoms with van der Waals surface area (Å²) in [5.41, 5.74) is 0. The first-order chi connectivity index (χ1) is 8.74. The first kappa shape index (κ1) is 15.9. The molecule has 0 bridgehead atoms. The maximum atomic E-state index is 6.02. The van der Waals surface area contributed by atoms with E-state index in [4.69, 9.17) is 18.9 Å². The van der Waals surface area contributed by atoms with E-state index in [-0.39, 0.29) is 22.9 Å². The summed E-state index contributed by atoms with van der Waals surface area (Å²) < 4.78 is 23.6. The average Bonchev–Trinajstić information content (AvgIpc) is 2.78. The summed E-state index contributed by atoms with van der Waals surface area (Å²) in [5, 5.41) is 0. The van der Waals surface area contributed by atoms with Gasteiger partial charge in [-0.1, -0.05) is 6.92 Å². The van der Waals surface area contributed by atoms with E-state index in [1.54, 1.807) is 11.8 Å². The first-order valence-electron chi connectivity index (χ1n) is 6.71. The fraction of sp³-hybridized carbons (Fsp3) is 1.00. The van der Waals surface area contributed by atoms with Gasteiger partial charge >= 0.3 is 0 Å². The van der Waals surface area contributed by atoms with Crippen LogP contribution in [0.3, 0.4) is 0 Å². The number of thiol groups is 1. The standard InChI is InChI=1S/C13H24O4S2/c1-6-19-11(18)10-9(16-13(4,5)17-10)8-7-14-12(2,3)15-8/h8-11,18H,6-7H2,1-5H3/t8-,9-,10+,11?/m1/s1. The van der Waals surface area contributed by atoms with Gasteiger partial charge in [-0.05, 0) is 33.4 Å². The lowest BCUT2D eigenvalue weighted by Crippen LogP contribution is -2.41. The normalized spacial score (nSPS) is 38.5. The van der Waals surface area contributed by atoms with Crippen molar-refractivity contribution < 1.29 is 18.9 Å². The van der Waals surface area contributed by atoms with Crippen LogP contribution in [0.1, 0.15) is 34.6 Å². The average molecular weight is 308 g/mol. The van der Waals surface area contributed by atoms with E-state index in [9.17, 15) is 0 Å². The number of rotatable bonds is 4. The molecule has 0 aliphatic carbocycles. The van der Waals surface area contributed by atoms with Crippen LogP contribution in [0, 0.1) is 0 Å². The van der Waals surface area contributed by atoms with Gasteiger partial charge in [0.2, 0.25) is 0 Å². The molecular formula is C13H24O4S2. The minimum absolute atomic E-state index is 0.0732. The smallest absolute Gasteiger partial charge is 0.163 e. The maximum absolute atomic E-state index is 6.02. The Morgan fingerprint density at radius 2 is 1.84 bits per heavy atom. The monoisotopic (exact) mass is 308 g/mol. The van der Waals surface area contributed by atoms with Crippen LogP contribution >= 0.6 is 24.4 Å². The van der Waals surface area contributed by atoms with Crippen LogP contribution in [0.2, 0.25) is 0 Å². The predicted molar refractivity (Wildman–Crippen MR) is 79.6 cm³/mol. The number of hydrogen-bond donors (Lipinski definition) is 1. The minimum Gasteiger partial charge on any atom is -0.348 e. The molecule has 0 aromatic heterocycles. The van der Waals surface area contributed by atoms with Crippen molar-refractivity contribution in [3.8, 4) is 0 Å². The van der Waals surface area contributed by atoms with Crippen molar-refractivity contribution in [1.29, 1.82) is 0 Å². The van der Waals surface area contributed by atoms with E-state index in [0.29, 0.717) is 6.61 Å². The van der Waals surface area contributed by atoms with E-state index in [2.05, 4.69) is 19.6 Å². The summed E-state index contributed by atoms with van der Waals surface area (Å²) >= 11 is 6.39. The summed E-state index contributed by atoms with van der Waals surface area (Å²) in [6.07, 6.45) is -0.335. The molecule has 4 nitrogen and oxygen atoms in total. The van der Waals surface area contributed by atoms with Gasteiger partial charge in [0.05, 0.1) is 11.2 Å². The van der Waals surface area contributed by atoms with E-state index in [0.717, 1.165) is 5.75 Å². The zero-order valence-corrected chi connectivity index (χ0v) is 13.9. The maximum Gasteiger partial charge on any atom is 0.163 e. The van der Waals surface area contributed by atoms with Gasteiger partial charge in [-0.15, -0.1) is 11.8 Å². The Morgan fingerprint density at radius 1 is 1.16 bits per heavy atom. The molecule has 2 rings (SSSR count). The van der Waals surface area contributed by atoms with Crippen LogP contribution in [-0.2, 0) is 18.9 Å². The molecule has 0 N–H and O–H groups in total. The van der Waals surface area contributed by atoms with Crippen LogP contribution < -0.4 is 0 Å². The van der Waals surface area contributed by atoms with Crippen molar-refractivity contribution in [2.75, 3.05) is 12.4 Å². The van der Waals surface area contributed by atoms with Crippen LogP contribution in [0.25, 0.3) is 0 Å². The molecule has 0 aromatic rings. The fourth-order valence-corrected chi connectivity index (χ4v) is 3.89. The van der Waals surface area contributed by atoms with E-state index in [1.807, 2.05) is 27.7 Å². The zero-order valence-electron chi connectivity index (χ0n) is 12.2. The fourth-order valence-electron chi connectivity index (χ4n) is 2.47. The molecule has 19 heavy (non-hydrogen) atoms. The highest BCUT2D eigenvalue weighted by molar-refractivity contribution is 8.10. The summed E-state index contributed by atoms with van der Waals surface area (Å²) in [7, 11) is 0. The molecule has 0 spiro atoms. The Hall–Kier alpha value is 0.540. The quantitative estimate of drug-likeness (QED) is 0.638. The lowest BCUT2D eigenvalue weighted by molar-refractivity contribution is -0.174. The molecule has 0 saturated carbocycles. The van der Waals surface area contributed by atoms with Crippen LogP contribution in [0.5, 0.6) is 0 Å². The number of thioether (sulfide) groups is 1. The lowest BCUT2D eigenvalue weighted by atomic mass is 10.1. The van der Waals surface area contributed by atoms with Gasteiger partial charge in [-0.2, -0.15) is 12.6 Å². The zero-order chi connectivity index (χ0) is 14.3. The molecule has 2 saturated heterocycles. The molecule has 112 valence electrons. The molecule has 0 amide bonds. The summed E-state index contributed by atoms with van der Waals surface area (Å²) in [6, 6.07) is 0. The van der Waals surface area contributed by atoms with Crippen molar-refractivity contribution >= 4 is 24.4 Å². The molecule has 2 fully saturated rings. The minimum atomic E-state index is -0.597. The second-order valence-electron chi connectivity index (χ2n) is 5.78. The van der Waals surface area contributed by atoms with Gasteiger partial charge in [-0.25, -0.2) is 0 Å². The topological polar surface area (TPSA) is 36.9 Å².